The van der Waals surface area contributed by atoms with Gasteiger partial charge in [-0.2, -0.15) is 0 Å². The minimum absolute atomic E-state index is 0.0352. The van der Waals surface area contributed by atoms with E-state index in [1.807, 2.05) is 30.7 Å². The number of carbonyl (C=O) groups excluding carboxylic acids is 1. The van der Waals surface area contributed by atoms with E-state index in [0.29, 0.717) is 5.75 Å². The summed E-state index contributed by atoms with van der Waals surface area (Å²) in [7, 11) is 1.89. The van der Waals surface area contributed by atoms with Crippen molar-refractivity contribution in [3.05, 3.63) is 35.7 Å². The highest BCUT2D eigenvalue weighted by Crippen LogP contribution is 2.16. The predicted molar refractivity (Wildman–Crippen MR) is 90.1 cm³/mol. The van der Waals surface area contributed by atoms with Crippen LogP contribution >= 0.6 is 11.8 Å². The molecule has 0 aliphatic carbocycles. The molecule has 0 bridgehead atoms. The first-order valence-electron chi connectivity index (χ1n) is 7.47. The highest BCUT2D eigenvalue weighted by atomic mass is 32.2. The molecule has 118 valence electrons. The van der Waals surface area contributed by atoms with Gasteiger partial charge in [-0.1, -0.05) is 37.2 Å². The molecule has 0 radical (unpaired) electrons. The van der Waals surface area contributed by atoms with Gasteiger partial charge in [0.1, 0.15) is 5.82 Å². The molecule has 0 saturated heterocycles. The summed E-state index contributed by atoms with van der Waals surface area (Å²) in [5.41, 5.74) is 2.14. The Morgan fingerprint density at radius 1 is 1.27 bits per heavy atom. The van der Waals surface area contributed by atoms with Crippen molar-refractivity contribution < 1.29 is 4.79 Å². The molecule has 5 nitrogen and oxygen atoms in total. The third-order valence-electron chi connectivity index (χ3n) is 3.44. The van der Waals surface area contributed by atoms with Crippen molar-refractivity contribution in [2.75, 3.05) is 11.1 Å². The van der Waals surface area contributed by atoms with Crippen molar-refractivity contribution in [2.45, 2.75) is 38.3 Å². The number of carbonyl (C=O) groups is 1. The quantitative estimate of drug-likeness (QED) is 0.797. The Balaban J connectivity index is 1.82. The molecule has 0 aliphatic rings. The number of amides is 1. The summed E-state index contributed by atoms with van der Waals surface area (Å²) in [6.45, 7) is 4.07. The zero-order chi connectivity index (χ0) is 15.9. The van der Waals surface area contributed by atoms with Crippen LogP contribution in [-0.2, 0) is 18.3 Å². The lowest BCUT2D eigenvalue weighted by Gasteiger charge is -2.06. The van der Waals surface area contributed by atoms with Crippen LogP contribution in [-0.4, -0.2) is 26.4 Å². The number of thioether (sulfide) groups is 1. The Morgan fingerprint density at radius 2 is 2.00 bits per heavy atom. The molecular formula is C16H22N4OS. The molecule has 0 atom stereocenters. The van der Waals surface area contributed by atoms with Gasteiger partial charge in [0, 0.05) is 12.7 Å². The van der Waals surface area contributed by atoms with E-state index in [0.717, 1.165) is 23.1 Å². The van der Waals surface area contributed by atoms with Gasteiger partial charge in [0.2, 0.25) is 5.91 Å². The molecule has 0 fully saturated rings. The van der Waals surface area contributed by atoms with Gasteiger partial charge >= 0.3 is 0 Å². The monoisotopic (exact) mass is 318 g/mol. The fourth-order valence-electron chi connectivity index (χ4n) is 1.98. The summed E-state index contributed by atoms with van der Waals surface area (Å²) in [5, 5.41) is 11.7. The third-order valence-corrected chi connectivity index (χ3v) is 4.46. The topological polar surface area (TPSA) is 59.8 Å². The lowest BCUT2D eigenvalue weighted by atomic mass is 10.1. The van der Waals surface area contributed by atoms with Crippen LogP contribution in [0, 0.1) is 6.92 Å². The van der Waals surface area contributed by atoms with Crippen LogP contribution in [0.2, 0.25) is 0 Å². The van der Waals surface area contributed by atoms with Gasteiger partial charge in [-0.15, -0.1) is 10.2 Å². The van der Waals surface area contributed by atoms with E-state index < -0.39 is 0 Å². The number of aryl methyl sites for hydroxylation is 2. The summed E-state index contributed by atoms with van der Waals surface area (Å²) < 4.78 is 1.88. The lowest BCUT2D eigenvalue weighted by Crippen LogP contribution is -2.14. The summed E-state index contributed by atoms with van der Waals surface area (Å²) in [6, 6.07) is 8.06. The number of unbranched alkanes of at least 4 members (excludes halogenated alkanes) is 1. The number of nitrogens with one attached hydrogen (secondary N) is 1. The number of hydrogen-bond donors (Lipinski definition) is 1. The molecule has 1 heterocycles. The SMILES string of the molecule is CCCCc1ccc(NC(=O)CSc2nnc(C)n2C)cc1. The van der Waals surface area contributed by atoms with E-state index in [2.05, 4.69) is 34.6 Å². The van der Waals surface area contributed by atoms with E-state index in [4.69, 9.17) is 0 Å². The average Bonchev–Trinajstić information content (AvgIpc) is 2.84. The normalized spacial score (nSPS) is 10.7. The van der Waals surface area contributed by atoms with Crippen LogP contribution in [0.3, 0.4) is 0 Å². The zero-order valence-corrected chi connectivity index (χ0v) is 14.1. The Labute approximate surface area is 135 Å². The van der Waals surface area contributed by atoms with Crippen molar-refractivity contribution in [3.8, 4) is 0 Å². The van der Waals surface area contributed by atoms with Gasteiger partial charge in [-0.25, -0.2) is 0 Å². The Hall–Kier alpha value is -1.82. The van der Waals surface area contributed by atoms with Crippen molar-refractivity contribution in [3.63, 3.8) is 0 Å². The van der Waals surface area contributed by atoms with Crippen LogP contribution < -0.4 is 5.32 Å². The molecule has 1 amide bonds. The van der Waals surface area contributed by atoms with Gasteiger partial charge in [-0.05, 0) is 37.5 Å². The smallest absolute Gasteiger partial charge is 0.234 e. The van der Waals surface area contributed by atoms with E-state index in [1.165, 1.54) is 30.2 Å². The van der Waals surface area contributed by atoms with E-state index >= 15 is 0 Å². The maximum absolute atomic E-state index is 12.0. The Kier molecular flexibility index (Phi) is 6.00. The second kappa shape index (κ2) is 7.98. The summed E-state index contributed by atoms with van der Waals surface area (Å²) in [4.78, 5) is 12.0. The number of hydrogen-bond acceptors (Lipinski definition) is 4. The van der Waals surface area contributed by atoms with E-state index in [9.17, 15) is 4.79 Å². The van der Waals surface area contributed by atoms with Crippen molar-refractivity contribution >= 4 is 23.4 Å². The Morgan fingerprint density at radius 3 is 2.59 bits per heavy atom. The first-order chi connectivity index (χ1) is 10.6. The molecule has 22 heavy (non-hydrogen) atoms. The maximum atomic E-state index is 12.0. The van der Waals surface area contributed by atoms with Crippen LogP contribution in [0.25, 0.3) is 0 Å². The predicted octanol–water partition coefficient (Wildman–Crippen LogP) is 3.20. The summed E-state index contributed by atoms with van der Waals surface area (Å²) >= 11 is 1.39. The summed E-state index contributed by atoms with van der Waals surface area (Å²) in [5.74, 6) is 1.13. The van der Waals surface area contributed by atoms with Gasteiger partial charge in [-0.3, -0.25) is 4.79 Å². The largest absolute Gasteiger partial charge is 0.325 e. The number of benzene rings is 1. The number of aromatic nitrogens is 3. The van der Waals surface area contributed by atoms with Crippen molar-refractivity contribution in [1.82, 2.24) is 14.8 Å². The highest BCUT2D eigenvalue weighted by molar-refractivity contribution is 7.99. The molecule has 2 rings (SSSR count). The van der Waals surface area contributed by atoms with Gasteiger partial charge < -0.3 is 9.88 Å². The Bertz CT molecular complexity index is 622. The van der Waals surface area contributed by atoms with Crippen LogP contribution in [0.5, 0.6) is 0 Å². The zero-order valence-electron chi connectivity index (χ0n) is 13.3. The molecular weight excluding hydrogens is 296 g/mol. The molecule has 0 spiro atoms. The molecule has 6 heteroatoms. The molecule has 0 saturated carbocycles. The van der Waals surface area contributed by atoms with Crippen LogP contribution in [0.15, 0.2) is 29.4 Å². The maximum Gasteiger partial charge on any atom is 0.234 e. The highest BCUT2D eigenvalue weighted by Gasteiger charge is 2.09. The second-order valence-electron chi connectivity index (χ2n) is 5.23. The number of anilines is 1. The molecule has 1 N–H and O–H groups in total. The van der Waals surface area contributed by atoms with Gasteiger partial charge in [0.25, 0.3) is 0 Å². The second-order valence-corrected chi connectivity index (χ2v) is 6.17. The van der Waals surface area contributed by atoms with Crippen molar-refractivity contribution in [2.24, 2.45) is 7.05 Å². The average molecular weight is 318 g/mol. The molecule has 0 unspecified atom stereocenters. The number of nitrogens with zero attached hydrogens (tertiary/aromatic N) is 3. The fraction of sp³-hybridized carbons (Fsp3) is 0.438. The van der Waals surface area contributed by atoms with Crippen molar-refractivity contribution in [1.29, 1.82) is 0 Å². The summed E-state index contributed by atoms with van der Waals surface area (Å²) in [6.07, 6.45) is 3.47. The molecule has 1 aromatic carbocycles. The number of rotatable bonds is 7. The van der Waals surface area contributed by atoms with Gasteiger partial charge in [0.15, 0.2) is 5.16 Å². The fourth-order valence-corrected chi connectivity index (χ4v) is 2.73. The third kappa shape index (κ3) is 4.59. The first-order valence-corrected chi connectivity index (χ1v) is 8.46. The first kappa shape index (κ1) is 16.5. The minimum Gasteiger partial charge on any atom is -0.325 e. The molecule has 1 aromatic heterocycles. The molecule has 0 aliphatic heterocycles. The minimum atomic E-state index is -0.0352. The molecule has 2 aromatic rings. The van der Waals surface area contributed by atoms with E-state index in [-0.39, 0.29) is 5.91 Å². The standard InChI is InChI=1S/C16H22N4OS/c1-4-5-6-13-7-9-14(10-8-13)17-15(21)11-22-16-19-18-12(2)20(16)3/h7-10H,4-6,11H2,1-3H3,(H,17,21). The van der Waals surface area contributed by atoms with E-state index in [1.54, 1.807) is 0 Å². The van der Waals surface area contributed by atoms with Crippen LogP contribution in [0.1, 0.15) is 31.2 Å². The van der Waals surface area contributed by atoms with Crippen LogP contribution in [0.4, 0.5) is 5.69 Å². The lowest BCUT2D eigenvalue weighted by molar-refractivity contribution is -0.113. The van der Waals surface area contributed by atoms with Gasteiger partial charge in [0.05, 0.1) is 5.75 Å².